The van der Waals surface area contributed by atoms with Crippen LogP contribution in [-0.2, 0) is 4.79 Å². The van der Waals surface area contributed by atoms with E-state index in [1.54, 1.807) is 0 Å². The molecule has 0 saturated carbocycles. The molecule has 7 nitrogen and oxygen atoms in total. The highest BCUT2D eigenvalue weighted by Gasteiger charge is 2.14. The molecule has 1 unspecified atom stereocenters. The number of carboxylic acids is 1. The topological polar surface area (TPSA) is 124 Å². The Morgan fingerprint density at radius 1 is 1.67 bits per heavy atom. The number of nitrogens with two attached hydrogens (primary N) is 2. The van der Waals surface area contributed by atoms with E-state index in [4.69, 9.17) is 16.6 Å². The summed E-state index contributed by atoms with van der Waals surface area (Å²) in [7, 11) is 0. The molecule has 5 N–H and O–H groups in total. The molecule has 0 fully saturated rings. The summed E-state index contributed by atoms with van der Waals surface area (Å²) in [5.74, 6) is -0.920. The van der Waals surface area contributed by atoms with Gasteiger partial charge in [-0.05, 0) is 6.07 Å². The predicted molar refractivity (Wildman–Crippen MR) is 53.3 cm³/mol. The lowest BCUT2D eigenvalue weighted by molar-refractivity contribution is -0.137. The third-order valence-electron chi connectivity index (χ3n) is 1.93. The van der Waals surface area contributed by atoms with Gasteiger partial charge in [0.2, 0.25) is 0 Å². The van der Waals surface area contributed by atoms with Gasteiger partial charge in [-0.3, -0.25) is 9.36 Å². The zero-order valence-electron chi connectivity index (χ0n) is 7.96. The maximum absolute atomic E-state index is 11.3. The highest BCUT2D eigenvalue weighted by atomic mass is 16.4. The first-order valence-corrected chi connectivity index (χ1v) is 4.31. The summed E-state index contributed by atoms with van der Waals surface area (Å²) in [5.41, 5.74) is 10.1. The number of aromatic nitrogens is 2. The molecule has 82 valence electrons. The Morgan fingerprint density at radius 3 is 2.80 bits per heavy atom. The maximum Gasteiger partial charge on any atom is 0.349 e. The normalized spacial score (nSPS) is 12.3. The minimum absolute atomic E-state index is 0.0534. The molecule has 15 heavy (non-hydrogen) atoms. The highest BCUT2D eigenvalue weighted by molar-refractivity contribution is 5.67. The van der Waals surface area contributed by atoms with Crippen molar-refractivity contribution in [3.8, 4) is 0 Å². The number of anilines is 1. The molecule has 0 bridgehead atoms. The number of rotatable bonds is 4. The molecule has 0 radical (unpaired) electrons. The van der Waals surface area contributed by atoms with Crippen LogP contribution in [0.2, 0.25) is 0 Å². The van der Waals surface area contributed by atoms with Gasteiger partial charge in [0.1, 0.15) is 5.82 Å². The van der Waals surface area contributed by atoms with E-state index in [2.05, 4.69) is 4.98 Å². The van der Waals surface area contributed by atoms with Crippen molar-refractivity contribution in [3.05, 3.63) is 22.7 Å². The van der Waals surface area contributed by atoms with E-state index in [1.807, 2.05) is 0 Å². The van der Waals surface area contributed by atoms with Crippen LogP contribution in [0.5, 0.6) is 0 Å². The molecule has 1 aromatic heterocycles. The third-order valence-corrected chi connectivity index (χ3v) is 1.93. The second-order valence-electron chi connectivity index (χ2n) is 3.03. The summed E-state index contributed by atoms with van der Waals surface area (Å²) >= 11 is 0. The fourth-order valence-corrected chi connectivity index (χ4v) is 1.20. The molecule has 0 aliphatic carbocycles. The van der Waals surface area contributed by atoms with Gasteiger partial charge in [-0.1, -0.05) is 0 Å². The van der Waals surface area contributed by atoms with Crippen LogP contribution in [0.3, 0.4) is 0 Å². The molecule has 1 aromatic rings. The predicted octanol–water partition coefficient (Wildman–Crippen LogP) is -1.20. The molecule has 1 rings (SSSR count). The van der Waals surface area contributed by atoms with Gasteiger partial charge in [0.25, 0.3) is 0 Å². The average molecular weight is 212 g/mol. The van der Waals surface area contributed by atoms with E-state index >= 15 is 0 Å². The van der Waals surface area contributed by atoms with Crippen LogP contribution < -0.4 is 17.2 Å². The number of nitrogens with zero attached hydrogens (tertiary/aromatic N) is 2. The van der Waals surface area contributed by atoms with Gasteiger partial charge in [0, 0.05) is 12.7 Å². The molecule has 0 aromatic carbocycles. The van der Waals surface area contributed by atoms with Gasteiger partial charge in [-0.15, -0.1) is 0 Å². The van der Waals surface area contributed by atoms with Crippen LogP contribution in [0, 0.1) is 0 Å². The van der Waals surface area contributed by atoms with E-state index in [0.717, 1.165) is 0 Å². The minimum Gasteiger partial charge on any atom is -0.481 e. The first kappa shape index (κ1) is 11.2. The number of hydrogen-bond acceptors (Lipinski definition) is 5. The Kier molecular flexibility index (Phi) is 3.40. The number of nitrogen functional groups attached to an aromatic ring is 1. The summed E-state index contributed by atoms with van der Waals surface area (Å²) < 4.78 is 1.17. The van der Waals surface area contributed by atoms with E-state index in [9.17, 15) is 9.59 Å². The summed E-state index contributed by atoms with van der Waals surface area (Å²) in [5, 5.41) is 8.61. The van der Waals surface area contributed by atoms with Gasteiger partial charge in [0.05, 0.1) is 12.5 Å². The van der Waals surface area contributed by atoms with Crippen LogP contribution in [0.25, 0.3) is 0 Å². The summed E-state index contributed by atoms with van der Waals surface area (Å²) in [4.78, 5) is 25.3. The fourth-order valence-electron chi connectivity index (χ4n) is 1.20. The van der Waals surface area contributed by atoms with Crippen LogP contribution >= 0.6 is 0 Å². The van der Waals surface area contributed by atoms with Crippen LogP contribution in [0.4, 0.5) is 5.82 Å². The largest absolute Gasteiger partial charge is 0.481 e. The van der Waals surface area contributed by atoms with Crippen molar-refractivity contribution in [2.45, 2.75) is 12.5 Å². The lowest BCUT2D eigenvalue weighted by Crippen LogP contribution is -2.32. The zero-order valence-corrected chi connectivity index (χ0v) is 7.96. The van der Waals surface area contributed by atoms with E-state index < -0.39 is 17.7 Å². The summed E-state index contributed by atoms with van der Waals surface area (Å²) in [6.45, 7) is 0.0534. The molecule has 0 aliphatic heterocycles. The van der Waals surface area contributed by atoms with Crippen molar-refractivity contribution in [1.82, 2.24) is 9.55 Å². The van der Waals surface area contributed by atoms with Crippen molar-refractivity contribution in [2.24, 2.45) is 5.73 Å². The van der Waals surface area contributed by atoms with Crippen molar-refractivity contribution in [3.63, 3.8) is 0 Å². The van der Waals surface area contributed by atoms with E-state index in [-0.39, 0.29) is 18.8 Å². The van der Waals surface area contributed by atoms with Crippen molar-refractivity contribution in [1.29, 1.82) is 0 Å². The van der Waals surface area contributed by atoms with Gasteiger partial charge < -0.3 is 16.6 Å². The van der Waals surface area contributed by atoms with Crippen molar-refractivity contribution < 1.29 is 9.90 Å². The lowest BCUT2D eigenvalue weighted by atomic mass is 10.2. The first-order valence-electron chi connectivity index (χ1n) is 4.31. The second-order valence-corrected chi connectivity index (χ2v) is 3.03. The summed E-state index contributed by atoms with van der Waals surface area (Å²) in [6.07, 6.45) is 1.17. The average Bonchev–Trinajstić information content (AvgIpc) is 2.14. The molecule has 0 saturated heterocycles. The SMILES string of the molecule is NCC(CC(=O)O)n1ccc(N)nc1=O. The number of hydrogen-bond donors (Lipinski definition) is 3. The fraction of sp³-hybridized carbons (Fsp3) is 0.375. The van der Waals surface area contributed by atoms with Gasteiger partial charge in [-0.25, -0.2) is 4.79 Å². The highest BCUT2D eigenvalue weighted by Crippen LogP contribution is 2.06. The molecule has 1 atom stereocenters. The molecular formula is C8H12N4O3. The molecule has 7 heteroatoms. The van der Waals surface area contributed by atoms with Crippen LogP contribution in [0.15, 0.2) is 17.1 Å². The molecule has 1 heterocycles. The lowest BCUT2D eigenvalue weighted by Gasteiger charge is -2.14. The molecule has 0 aliphatic rings. The van der Waals surface area contributed by atoms with Gasteiger partial charge >= 0.3 is 11.7 Å². The Hall–Kier alpha value is -1.89. The van der Waals surface area contributed by atoms with E-state index in [0.29, 0.717) is 0 Å². The van der Waals surface area contributed by atoms with Gasteiger partial charge in [-0.2, -0.15) is 4.98 Å². The third kappa shape index (κ3) is 2.78. The van der Waals surface area contributed by atoms with Gasteiger partial charge in [0.15, 0.2) is 0 Å². The van der Waals surface area contributed by atoms with Crippen molar-refractivity contribution in [2.75, 3.05) is 12.3 Å². The Morgan fingerprint density at radius 2 is 2.33 bits per heavy atom. The second kappa shape index (κ2) is 4.56. The molecule has 0 spiro atoms. The molecular weight excluding hydrogens is 200 g/mol. The van der Waals surface area contributed by atoms with Crippen LogP contribution in [-0.4, -0.2) is 27.2 Å². The molecule has 0 amide bonds. The quantitative estimate of drug-likeness (QED) is 0.575. The van der Waals surface area contributed by atoms with E-state index in [1.165, 1.54) is 16.8 Å². The smallest absolute Gasteiger partial charge is 0.349 e. The maximum atomic E-state index is 11.3. The standard InChI is InChI=1S/C8H12N4O3/c9-4-5(3-7(13)14)12-2-1-6(10)11-8(12)15/h1-2,5H,3-4,9H2,(H,13,14)(H2,10,11,15). The Bertz CT molecular complexity index is 415. The number of aliphatic carboxylic acids is 1. The monoisotopic (exact) mass is 212 g/mol. The number of carboxylic acid groups (broad SMARTS) is 1. The van der Waals surface area contributed by atoms with Crippen molar-refractivity contribution >= 4 is 11.8 Å². The number of carbonyl (C=O) groups is 1. The van der Waals surface area contributed by atoms with Crippen LogP contribution in [0.1, 0.15) is 12.5 Å². The Labute approximate surface area is 85.3 Å². The Balaban J connectivity index is 3.02. The zero-order chi connectivity index (χ0) is 11.4. The first-order chi connectivity index (χ1) is 7.04. The minimum atomic E-state index is -1.02. The summed E-state index contributed by atoms with van der Waals surface area (Å²) in [6, 6.07) is 0.828.